The van der Waals surface area contributed by atoms with Gasteiger partial charge in [-0.1, -0.05) is 30.7 Å². The van der Waals surface area contributed by atoms with Gasteiger partial charge >= 0.3 is 5.63 Å². The maximum atomic E-state index is 11.9. The van der Waals surface area contributed by atoms with Crippen molar-refractivity contribution in [1.82, 2.24) is 4.90 Å². The van der Waals surface area contributed by atoms with E-state index in [1.54, 1.807) is 25.3 Å². The molecule has 3 aromatic rings. The molecule has 0 fully saturated rings. The number of benzene rings is 2. The Bertz CT molecular complexity index is 918. The molecule has 5 heteroatoms. The summed E-state index contributed by atoms with van der Waals surface area (Å²) >= 11 is 5.95. The van der Waals surface area contributed by atoms with Crippen molar-refractivity contribution in [2.45, 2.75) is 20.0 Å². The summed E-state index contributed by atoms with van der Waals surface area (Å²) in [6.07, 6.45) is 0. The molecule has 4 nitrogen and oxygen atoms in total. The number of fused-ring (bicyclic) bond motifs is 1. The lowest BCUT2D eigenvalue weighted by molar-refractivity contribution is 0.272. The van der Waals surface area contributed by atoms with Crippen molar-refractivity contribution in [3.8, 4) is 5.75 Å². The van der Waals surface area contributed by atoms with Crippen LogP contribution >= 0.6 is 11.6 Å². The fourth-order valence-electron chi connectivity index (χ4n) is 2.83. The van der Waals surface area contributed by atoms with Crippen molar-refractivity contribution < 1.29 is 9.15 Å². The number of nitrogens with zero attached hydrogens (tertiary/aromatic N) is 1. The number of hydrogen-bond acceptors (Lipinski definition) is 4. The molecule has 0 aliphatic carbocycles. The predicted molar refractivity (Wildman–Crippen MR) is 100 cm³/mol. The summed E-state index contributed by atoms with van der Waals surface area (Å²) in [5.41, 5.74) is 2.35. The van der Waals surface area contributed by atoms with Crippen molar-refractivity contribution in [3.63, 3.8) is 0 Å². The van der Waals surface area contributed by atoms with Crippen LogP contribution in [0.25, 0.3) is 11.0 Å². The van der Waals surface area contributed by atoms with Gasteiger partial charge in [-0.2, -0.15) is 0 Å². The summed E-state index contributed by atoms with van der Waals surface area (Å²) in [7, 11) is 1.62. The molecule has 1 heterocycles. The number of methoxy groups -OCH3 is 1. The first-order valence-electron chi connectivity index (χ1n) is 8.16. The largest absolute Gasteiger partial charge is 0.497 e. The molecule has 3 rings (SSSR count). The van der Waals surface area contributed by atoms with E-state index in [4.69, 9.17) is 20.8 Å². The molecule has 0 bridgehead atoms. The van der Waals surface area contributed by atoms with Gasteiger partial charge in [0.05, 0.1) is 7.11 Å². The average molecular weight is 358 g/mol. The lowest BCUT2D eigenvalue weighted by Crippen LogP contribution is -2.23. The van der Waals surface area contributed by atoms with Crippen LogP contribution in [0, 0.1) is 0 Å². The van der Waals surface area contributed by atoms with E-state index in [1.807, 2.05) is 30.3 Å². The van der Waals surface area contributed by atoms with Crippen LogP contribution in [0.15, 0.2) is 57.7 Å². The summed E-state index contributed by atoms with van der Waals surface area (Å²) in [6.45, 7) is 4.38. The fourth-order valence-corrected chi connectivity index (χ4v) is 2.96. The molecule has 1 aromatic heterocycles. The van der Waals surface area contributed by atoms with Gasteiger partial charge in [0, 0.05) is 29.6 Å². The standard InChI is InChI=1S/C20H20ClNO3/c1-3-22(12-14-4-6-16(21)7-5-14)13-15-10-20(23)25-19-9-8-17(24-2)11-18(15)19/h4-11H,3,12-13H2,1-2H3. The summed E-state index contributed by atoms with van der Waals surface area (Å²) in [6, 6.07) is 14.9. The first-order chi connectivity index (χ1) is 12.1. The second kappa shape index (κ2) is 7.72. The molecule has 0 N–H and O–H groups in total. The van der Waals surface area contributed by atoms with Crippen LogP contribution in [0.3, 0.4) is 0 Å². The third kappa shape index (κ3) is 4.21. The molecule has 0 saturated heterocycles. The van der Waals surface area contributed by atoms with Crippen LogP contribution in [0.1, 0.15) is 18.1 Å². The lowest BCUT2D eigenvalue weighted by atomic mass is 10.1. The maximum Gasteiger partial charge on any atom is 0.336 e. The Morgan fingerprint density at radius 3 is 2.52 bits per heavy atom. The molecule has 130 valence electrons. The molecule has 0 atom stereocenters. The molecule has 0 aliphatic heterocycles. The van der Waals surface area contributed by atoms with E-state index >= 15 is 0 Å². The maximum absolute atomic E-state index is 11.9. The van der Waals surface area contributed by atoms with Crippen LogP contribution in [-0.2, 0) is 13.1 Å². The number of halogens is 1. The quantitative estimate of drug-likeness (QED) is 0.610. The van der Waals surface area contributed by atoms with Gasteiger partial charge in [0.2, 0.25) is 0 Å². The van der Waals surface area contributed by atoms with Crippen molar-refractivity contribution in [2.24, 2.45) is 0 Å². The van der Waals surface area contributed by atoms with Gasteiger partial charge in [0.1, 0.15) is 11.3 Å². The molecule has 2 aromatic carbocycles. The topological polar surface area (TPSA) is 42.7 Å². The summed E-state index contributed by atoms with van der Waals surface area (Å²) < 4.78 is 10.6. The van der Waals surface area contributed by atoms with Gasteiger partial charge in [-0.15, -0.1) is 0 Å². The third-order valence-corrected chi connectivity index (χ3v) is 4.45. The Hall–Kier alpha value is -2.30. The minimum absolute atomic E-state index is 0.338. The van der Waals surface area contributed by atoms with Crippen molar-refractivity contribution in [1.29, 1.82) is 0 Å². The monoisotopic (exact) mass is 357 g/mol. The molecular formula is C20H20ClNO3. The first kappa shape index (κ1) is 17.5. The highest BCUT2D eigenvalue weighted by atomic mass is 35.5. The minimum Gasteiger partial charge on any atom is -0.497 e. The Morgan fingerprint density at radius 2 is 1.84 bits per heavy atom. The molecule has 0 aliphatic rings. The van der Waals surface area contributed by atoms with Crippen molar-refractivity contribution in [3.05, 3.63) is 75.1 Å². The Morgan fingerprint density at radius 1 is 1.08 bits per heavy atom. The van der Waals surface area contributed by atoms with Crippen LogP contribution in [-0.4, -0.2) is 18.6 Å². The third-order valence-electron chi connectivity index (χ3n) is 4.20. The van der Waals surface area contributed by atoms with Crippen molar-refractivity contribution in [2.75, 3.05) is 13.7 Å². The van der Waals surface area contributed by atoms with Gasteiger partial charge in [-0.25, -0.2) is 4.79 Å². The molecule has 0 spiro atoms. The zero-order valence-corrected chi connectivity index (χ0v) is 15.0. The van der Waals surface area contributed by atoms with E-state index in [-0.39, 0.29) is 5.63 Å². The minimum atomic E-state index is -0.338. The zero-order valence-electron chi connectivity index (χ0n) is 14.3. The van der Waals surface area contributed by atoms with E-state index in [0.29, 0.717) is 12.1 Å². The predicted octanol–water partition coefficient (Wildman–Crippen LogP) is 4.48. The van der Waals surface area contributed by atoms with Gasteiger partial charge in [0.15, 0.2) is 0 Å². The van der Waals surface area contributed by atoms with Gasteiger partial charge < -0.3 is 9.15 Å². The van der Waals surface area contributed by atoms with Crippen molar-refractivity contribution >= 4 is 22.6 Å². The molecular weight excluding hydrogens is 338 g/mol. The van der Waals surface area contributed by atoms with Gasteiger partial charge in [0.25, 0.3) is 0 Å². The van der Waals surface area contributed by atoms with E-state index in [0.717, 1.165) is 34.8 Å². The molecule has 0 amide bonds. The van der Waals surface area contributed by atoms with E-state index in [1.165, 1.54) is 5.56 Å². The first-order valence-corrected chi connectivity index (χ1v) is 8.54. The SMILES string of the molecule is CCN(Cc1ccc(Cl)cc1)Cc1cc(=O)oc2ccc(OC)cc12. The van der Waals surface area contributed by atoms with Crippen LogP contribution in [0.2, 0.25) is 5.02 Å². The summed E-state index contributed by atoms with van der Waals surface area (Å²) in [5, 5.41) is 1.62. The number of ether oxygens (including phenoxy) is 1. The smallest absolute Gasteiger partial charge is 0.336 e. The Balaban J connectivity index is 1.91. The van der Waals surface area contributed by atoms with E-state index in [2.05, 4.69) is 11.8 Å². The number of hydrogen-bond donors (Lipinski definition) is 0. The summed E-state index contributed by atoms with van der Waals surface area (Å²) in [5.74, 6) is 0.739. The van der Waals surface area contributed by atoms with Gasteiger partial charge in [-0.05, 0) is 48.0 Å². The highest BCUT2D eigenvalue weighted by Gasteiger charge is 2.11. The van der Waals surface area contributed by atoms with Crippen LogP contribution in [0.4, 0.5) is 0 Å². The van der Waals surface area contributed by atoms with Crippen LogP contribution in [0.5, 0.6) is 5.75 Å². The highest BCUT2D eigenvalue weighted by Crippen LogP contribution is 2.24. The molecule has 0 radical (unpaired) electrons. The Labute approximate surface area is 151 Å². The van der Waals surface area contributed by atoms with E-state index in [9.17, 15) is 4.79 Å². The normalized spacial score (nSPS) is 11.2. The average Bonchev–Trinajstić information content (AvgIpc) is 2.62. The number of rotatable bonds is 6. The van der Waals surface area contributed by atoms with Gasteiger partial charge in [-0.3, -0.25) is 4.90 Å². The fraction of sp³-hybridized carbons (Fsp3) is 0.250. The highest BCUT2D eigenvalue weighted by molar-refractivity contribution is 6.30. The lowest BCUT2D eigenvalue weighted by Gasteiger charge is -2.21. The molecule has 25 heavy (non-hydrogen) atoms. The zero-order chi connectivity index (χ0) is 17.8. The summed E-state index contributed by atoms with van der Waals surface area (Å²) in [4.78, 5) is 14.2. The second-order valence-corrected chi connectivity index (χ2v) is 6.32. The molecule has 0 unspecified atom stereocenters. The Kier molecular flexibility index (Phi) is 5.41. The molecule has 0 saturated carbocycles. The van der Waals surface area contributed by atoms with Crippen LogP contribution < -0.4 is 10.4 Å². The van der Waals surface area contributed by atoms with E-state index < -0.39 is 0 Å². The second-order valence-electron chi connectivity index (χ2n) is 5.88.